The number of likely N-dealkylation sites (tertiary alicyclic amines) is 1. The minimum atomic E-state index is -4.77. The Balaban J connectivity index is 1.58. The lowest BCUT2D eigenvalue weighted by Crippen LogP contribution is -2.41. The number of pyridine rings is 1. The molecule has 1 aliphatic rings. The van der Waals surface area contributed by atoms with Gasteiger partial charge in [-0.05, 0) is 30.3 Å². The van der Waals surface area contributed by atoms with Gasteiger partial charge in [-0.15, -0.1) is 3.89 Å². The molecular formula is C17H18FN3O4S. The lowest BCUT2D eigenvalue weighted by Gasteiger charge is -2.32. The molecule has 1 aromatic heterocycles. The SMILES string of the molecule is Nc1cc(OC2CCN(C(=O)c3ccc(S(=O)(=O)F)cc3)CC2)ccn1. The molecule has 9 heteroatoms. The number of nitrogens with two attached hydrogens (primary N) is 1. The minimum Gasteiger partial charge on any atom is -0.490 e. The van der Waals surface area contributed by atoms with E-state index in [1.165, 1.54) is 12.1 Å². The Labute approximate surface area is 150 Å². The first-order valence-electron chi connectivity index (χ1n) is 8.05. The molecule has 1 fully saturated rings. The Kier molecular flexibility index (Phi) is 5.08. The number of amides is 1. The van der Waals surface area contributed by atoms with E-state index in [9.17, 15) is 17.1 Å². The van der Waals surface area contributed by atoms with E-state index in [-0.39, 0.29) is 12.0 Å². The summed E-state index contributed by atoms with van der Waals surface area (Å²) in [5, 5.41) is 0. The van der Waals surface area contributed by atoms with E-state index >= 15 is 0 Å². The maximum Gasteiger partial charge on any atom is 0.332 e. The summed E-state index contributed by atoms with van der Waals surface area (Å²) in [6, 6.07) is 8.19. The Morgan fingerprint density at radius 3 is 2.42 bits per heavy atom. The van der Waals surface area contributed by atoms with E-state index in [1.54, 1.807) is 23.2 Å². The Morgan fingerprint density at radius 2 is 1.85 bits per heavy atom. The first-order valence-corrected chi connectivity index (χ1v) is 9.43. The molecule has 0 spiro atoms. The number of aromatic nitrogens is 1. The molecule has 2 aromatic rings. The molecule has 2 N–H and O–H groups in total. The summed E-state index contributed by atoms with van der Waals surface area (Å²) < 4.78 is 40.4. The minimum absolute atomic E-state index is 0.0279. The van der Waals surface area contributed by atoms with Gasteiger partial charge in [-0.25, -0.2) is 4.98 Å². The standard InChI is InChI=1S/C17H18FN3O4S/c18-26(23,24)15-3-1-12(2-4-15)17(22)21-9-6-13(7-10-21)25-14-5-8-20-16(19)11-14/h1-5,8,11,13H,6-7,9-10H2,(H2,19,20). The van der Waals surface area contributed by atoms with Gasteiger partial charge in [0.1, 0.15) is 17.7 Å². The highest BCUT2D eigenvalue weighted by Crippen LogP contribution is 2.21. The van der Waals surface area contributed by atoms with Crippen molar-refractivity contribution in [2.75, 3.05) is 18.8 Å². The van der Waals surface area contributed by atoms with E-state index in [1.807, 2.05) is 0 Å². The van der Waals surface area contributed by atoms with Crippen LogP contribution in [0.4, 0.5) is 9.70 Å². The summed E-state index contributed by atoms with van der Waals surface area (Å²) in [7, 11) is -4.77. The topological polar surface area (TPSA) is 103 Å². The van der Waals surface area contributed by atoms with Crippen LogP contribution >= 0.6 is 0 Å². The summed E-state index contributed by atoms with van der Waals surface area (Å²) >= 11 is 0. The quantitative estimate of drug-likeness (QED) is 0.815. The van der Waals surface area contributed by atoms with Crippen molar-refractivity contribution in [3.05, 3.63) is 48.2 Å². The van der Waals surface area contributed by atoms with Crippen molar-refractivity contribution >= 4 is 21.9 Å². The molecule has 1 amide bonds. The molecule has 0 unspecified atom stereocenters. The number of carbonyl (C=O) groups is 1. The Bertz CT molecular complexity index is 894. The fraction of sp³-hybridized carbons (Fsp3) is 0.294. The summed E-state index contributed by atoms with van der Waals surface area (Å²) in [4.78, 5) is 17.6. The number of halogens is 1. The molecule has 1 aliphatic heterocycles. The van der Waals surface area contributed by atoms with Crippen LogP contribution < -0.4 is 10.5 Å². The molecule has 2 heterocycles. The Morgan fingerprint density at radius 1 is 1.19 bits per heavy atom. The lowest BCUT2D eigenvalue weighted by atomic mass is 10.1. The second kappa shape index (κ2) is 7.28. The second-order valence-corrected chi connectivity index (χ2v) is 7.34. The predicted octanol–water partition coefficient (Wildman–Crippen LogP) is 2.01. The summed E-state index contributed by atoms with van der Waals surface area (Å²) in [5.74, 6) is 0.804. The zero-order valence-electron chi connectivity index (χ0n) is 13.8. The van der Waals surface area contributed by atoms with E-state index < -0.39 is 15.1 Å². The third kappa shape index (κ3) is 4.29. The van der Waals surface area contributed by atoms with Gasteiger partial charge in [0, 0.05) is 43.8 Å². The van der Waals surface area contributed by atoms with Crippen molar-refractivity contribution in [3.8, 4) is 5.75 Å². The maximum atomic E-state index is 12.9. The Hall–Kier alpha value is -2.68. The van der Waals surface area contributed by atoms with Crippen molar-refractivity contribution in [1.29, 1.82) is 0 Å². The second-order valence-electron chi connectivity index (χ2n) is 5.99. The van der Waals surface area contributed by atoms with Crippen LogP contribution in [0.2, 0.25) is 0 Å². The smallest absolute Gasteiger partial charge is 0.332 e. The molecule has 0 atom stereocenters. The van der Waals surface area contributed by atoms with Gasteiger partial charge >= 0.3 is 10.2 Å². The van der Waals surface area contributed by atoms with Gasteiger partial charge in [0.05, 0.1) is 4.90 Å². The van der Waals surface area contributed by atoms with Crippen LogP contribution in [0.1, 0.15) is 23.2 Å². The van der Waals surface area contributed by atoms with Crippen LogP contribution in [0.15, 0.2) is 47.5 Å². The number of rotatable bonds is 4. The van der Waals surface area contributed by atoms with Crippen LogP contribution in [0, 0.1) is 0 Å². The highest BCUT2D eigenvalue weighted by atomic mass is 32.3. The fourth-order valence-corrected chi connectivity index (χ4v) is 3.27. The van der Waals surface area contributed by atoms with Crippen LogP contribution in [0.5, 0.6) is 5.75 Å². The number of ether oxygens (including phenoxy) is 1. The number of carbonyl (C=O) groups excluding carboxylic acids is 1. The van der Waals surface area contributed by atoms with E-state index in [0.717, 1.165) is 12.1 Å². The van der Waals surface area contributed by atoms with Crippen molar-refractivity contribution in [1.82, 2.24) is 9.88 Å². The van der Waals surface area contributed by atoms with Crippen LogP contribution in [0.3, 0.4) is 0 Å². The molecule has 3 rings (SSSR count). The van der Waals surface area contributed by atoms with Gasteiger partial charge in [0.25, 0.3) is 5.91 Å². The monoisotopic (exact) mass is 379 g/mol. The molecule has 1 saturated heterocycles. The van der Waals surface area contributed by atoms with Crippen LogP contribution in [-0.2, 0) is 10.2 Å². The average Bonchev–Trinajstić information content (AvgIpc) is 2.61. The highest BCUT2D eigenvalue weighted by Gasteiger charge is 2.25. The van der Waals surface area contributed by atoms with E-state index in [4.69, 9.17) is 10.5 Å². The number of hydrogen-bond donors (Lipinski definition) is 1. The third-order valence-corrected chi connectivity index (χ3v) is 5.00. The summed E-state index contributed by atoms with van der Waals surface area (Å²) in [5.41, 5.74) is 5.94. The van der Waals surface area contributed by atoms with E-state index in [0.29, 0.717) is 43.1 Å². The third-order valence-electron chi connectivity index (χ3n) is 4.17. The zero-order chi connectivity index (χ0) is 18.7. The number of nitrogen functional groups attached to an aromatic ring is 1. The van der Waals surface area contributed by atoms with Gasteiger partial charge in [0.2, 0.25) is 0 Å². The molecule has 0 bridgehead atoms. The molecule has 0 saturated carbocycles. The first kappa shape index (κ1) is 18.1. The van der Waals surface area contributed by atoms with Gasteiger partial charge < -0.3 is 15.4 Å². The maximum absolute atomic E-state index is 12.9. The largest absolute Gasteiger partial charge is 0.490 e. The fourth-order valence-electron chi connectivity index (χ4n) is 2.81. The van der Waals surface area contributed by atoms with Crippen LogP contribution in [0.25, 0.3) is 0 Å². The molecular weight excluding hydrogens is 361 g/mol. The molecule has 7 nitrogen and oxygen atoms in total. The normalized spacial score (nSPS) is 15.7. The number of benzene rings is 1. The van der Waals surface area contributed by atoms with Gasteiger partial charge in [-0.3, -0.25) is 4.79 Å². The zero-order valence-corrected chi connectivity index (χ0v) is 14.7. The van der Waals surface area contributed by atoms with Gasteiger partial charge in [-0.2, -0.15) is 8.42 Å². The number of hydrogen-bond acceptors (Lipinski definition) is 6. The highest BCUT2D eigenvalue weighted by molar-refractivity contribution is 7.86. The molecule has 1 aromatic carbocycles. The van der Waals surface area contributed by atoms with E-state index in [2.05, 4.69) is 4.98 Å². The number of nitrogens with zero attached hydrogens (tertiary/aromatic N) is 2. The molecule has 0 aliphatic carbocycles. The number of anilines is 1. The van der Waals surface area contributed by atoms with Crippen molar-refractivity contribution < 1.29 is 21.8 Å². The summed E-state index contributed by atoms with van der Waals surface area (Å²) in [6.45, 7) is 1.01. The molecule has 0 radical (unpaired) electrons. The molecule has 26 heavy (non-hydrogen) atoms. The van der Waals surface area contributed by atoms with Crippen molar-refractivity contribution in [3.63, 3.8) is 0 Å². The predicted molar refractivity (Wildman–Crippen MR) is 92.9 cm³/mol. The van der Waals surface area contributed by atoms with Crippen molar-refractivity contribution in [2.45, 2.75) is 23.8 Å². The van der Waals surface area contributed by atoms with Crippen LogP contribution in [-0.4, -0.2) is 43.4 Å². The number of piperidine rings is 1. The lowest BCUT2D eigenvalue weighted by molar-refractivity contribution is 0.0595. The van der Waals surface area contributed by atoms with Gasteiger partial charge in [0.15, 0.2) is 0 Å². The van der Waals surface area contributed by atoms with Crippen molar-refractivity contribution in [2.24, 2.45) is 0 Å². The summed E-state index contributed by atoms with van der Waals surface area (Å²) in [6.07, 6.45) is 2.86. The molecule has 138 valence electrons. The average molecular weight is 379 g/mol. The first-order chi connectivity index (χ1) is 12.3. The van der Waals surface area contributed by atoms with Gasteiger partial charge in [-0.1, -0.05) is 0 Å².